The van der Waals surface area contributed by atoms with E-state index in [1.807, 2.05) is 39.0 Å². The lowest BCUT2D eigenvalue weighted by molar-refractivity contribution is -0.125. The highest BCUT2D eigenvalue weighted by atomic mass is 16.2. The molecule has 166 valence electrons. The summed E-state index contributed by atoms with van der Waals surface area (Å²) in [7, 11) is 0. The number of anilines is 1. The summed E-state index contributed by atoms with van der Waals surface area (Å²) in [4.78, 5) is 29.3. The van der Waals surface area contributed by atoms with Crippen molar-refractivity contribution in [2.75, 3.05) is 44.6 Å². The Morgan fingerprint density at radius 2 is 1.52 bits per heavy atom. The molecule has 2 amide bonds. The van der Waals surface area contributed by atoms with Crippen LogP contribution in [0.2, 0.25) is 0 Å². The van der Waals surface area contributed by atoms with E-state index >= 15 is 0 Å². The van der Waals surface area contributed by atoms with E-state index in [4.69, 9.17) is 0 Å². The van der Waals surface area contributed by atoms with Crippen LogP contribution in [0, 0.1) is 20.8 Å². The lowest BCUT2D eigenvalue weighted by atomic mass is 10.1. The fraction of sp³-hybridized carbons (Fsp3) is 0.440. The summed E-state index contributed by atoms with van der Waals surface area (Å²) >= 11 is 0. The van der Waals surface area contributed by atoms with E-state index in [0.717, 1.165) is 56.0 Å². The minimum Gasteiger partial charge on any atom is -0.346 e. The summed E-state index contributed by atoms with van der Waals surface area (Å²) in [5, 5.41) is 5.70. The van der Waals surface area contributed by atoms with E-state index < -0.39 is 0 Å². The number of hydrogen-bond donors (Lipinski definition) is 2. The molecule has 0 spiro atoms. The zero-order chi connectivity index (χ0) is 22.2. The Bertz CT molecular complexity index is 875. The van der Waals surface area contributed by atoms with Crippen molar-refractivity contribution in [1.82, 2.24) is 15.1 Å². The second kappa shape index (κ2) is 11.1. The fourth-order valence-electron chi connectivity index (χ4n) is 4.18. The van der Waals surface area contributed by atoms with E-state index in [-0.39, 0.29) is 18.4 Å². The third kappa shape index (κ3) is 7.19. The Morgan fingerprint density at radius 3 is 2.23 bits per heavy atom. The van der Waals surface area contributed by atoms with Crippen molar-refractivity contribution < 1.29 is 9.59 Å². The van der Waals surface area contributed by atoms with Crippen molar-refractivity contribution in [2.45, 2.75) is 33.7 Å². The highest BCUT2D eigenvalue weighted by Gasteiger charge is 2.18. The average molecular weight is 423 g/mol. The van der Waals surface area contributed by atoms with Gasteiger partial charge in [-0.25, -0.2) is 0 Å². The van der Waals surface area contributed by atoms with E-state index in [1.54, 1.807) is 0 Å². The summed E-state index contributed by atoms with van der Waals surface area (Å²) < 4.78 is 0. The van der Waals surface area contributed by atoms with Crippen molar-refractivity contribution in [3.05, 3.63) is 64.7 Å². The number of nitrogens with one attached hydrogen (secondary N) is 2. The number of hydrogen-bond acceptors (Lipinski definition) is 4. The zero-order valence-electron chi connectivity index (χ0n) is 18.9. The van der Waals surface area contributed by atoms with Crippen LogP contribution in [-0.4, -0.2) is 60.9 Å². The SMILES string of the molecule is Cc1cc(C)c(NC(=O)CNC(=O)CN2CCCN(Cc3ccccc3)CC2)c(C)c1. The predicted octanol–water partition coefficient (Wildman–Crippen LogP) is 2.87. The first-order valence-electron chi connectivity index (χ1n) is 11.0. The number of carbonyl (C=O) groups is 2. The highest BCUT2D eigenvalue weighted by Crippen LogP contribution is 2.21. The Hall–Kier alpha value is -2.70. The monoisotopic (exact) mass is 422 g/mol. The molecule has 0 bridgehead atoms. The molecule has 2 aromatic carbocycles. The lowest BCUT2D eigenvalue weighted by Crippen LogP contribution is -2.41. The first kappa shape index (κ1) is 23.0. The molecule has 1 aliphatic heterocycles. The highest BCUT2D eigenvalue weighted by molar-refractivity contribution is 5.96. The van der Waals surface area contributed by atoms with Crippen molar-refractivity contribution in [3.63, 3.8) is 0 Å². The lowest BCUT2D eigenvalue weighted by Gasteiger charge is -2.21. The van der Waals surface area contributed by atoms with Crippen LogP contribution in [0.5, 0.6) is 0 Å². The molecule has 0 atom stereocenters. The van der Waals surface area contributed by atoms with Crippen molar-refractivity contribution in [1.29, 1.82) is 0 Å². The maximum absolute atomic E-state index is 12.4. The van der Waals surface area contributed by atoms with E-state index in [0.29, 0.717) is 6.54 Å². The first-order chi connectivity index (χ1) is 14.9. The molecule has 3 rings (SSSR count). The van der Waals surface area contributed by atoms with Gasteiger partial charge in [-0.05, 0) is 57.0 Å². The molecule has 0 aromatic heterocycles. The standard InChI is InChI=1S/C25H34N4O2/c1-19-14-20(2)25(21(3)15-19)27-23(30)16-26-24(31)18-29-11-7-10-28(12-13-29)17-22-8-5-4-6-9-22/h4-6,8-9,14-15H,7,10-13,16-18H2,1-3H3,(H,26,31)(H,27,30). The van der Waals surface area contributed by atoms with Crippen molar-refractivity contribution >= 4 is 17.5 Å². The normalized spacial score (nSPS) is 15.3. The van der Waals surface area contributed by atoms with Crippen LogP contribution in [0.1, 0.15) is 28.7 Å². The molecule has 0 aliphatic carbocycles. The molecule has 2 aromatic rings. The summed E-state index contributed by atoms with van der Waals surface area (Å²) in [6.07, 6.45) is 1.03. The summed E-state index contributed by atoms with van der Waals surface area (Å²) in [5.41, 5.74) is 5.37. The van der Waals surface area contributed by atoms with Crippen LogP contribution in [-0.2, 0) is 16.1 Å². The van der Waals surface area contributed by atoms with Gasteiger partial charge in [-0.1, -0.05) is 48.0 Å². The Labute approximate surface area is 185 Å². The van der Waals surface area contributed by atoms with Gasteiger partial charge in [0.1, 0.15) is 0 Å². The molecule has 1 aliphatic rings. The van der Waals surface area contributed by atoms with E-state index in [2.05, 4.69) is 44.7 Å². The Morgan fingerprint density at radius 1 is 0.871 bits per heavy atom. The van der Waals surface area contributed by atoms with E-state index in [9.17, 15) is 9.59 Å². The number of aryl methyl sites for hydroxylation is 3. The van der Waals surface area contributed by atoms with Crippen LogP contribution in [0.25, 0.3) is 0 Å². The fourth-order valence-corrected chi connectivity index (χ4v) is 4.18. The predicted molar refractivity (Wildman–Crippen MR) is 125 cm³/mol. The molecule has 31 heavy (non-hydrogen) atoms. The maximum atomic E-state index is 12.4. The number of rotatable bonds is 7. The number of benzene rings is 2. The molecule has 6 heteroatoms. The van der Waals surface area contributed by atoms with Gasteiger partial charge in [-0.2, -0.15) is 0 Å². The molecule has 2 N–H and O–H groups in total. The smallest absolute Gasteiger partial charge is 0.243 e. The zero-order valence-corrected chi connectivity index (χ0v) is 18.9. The molecule has 0 radical (unpaired) electrons. The average Bonchev–Trinajstić information content (AvgIpc) is 2.95. The second-order valence-corrected chi connectivity index (χ2v) is 8.49. The van der Waals surface area contributed by atoms with Gasteiger partial charge in [-0.3, -0.25) is 19.4 Å². The molecule has 1 heterocycles. The minimum atomic E-state index is -0.201. The van der Waals surface area contributed by atoms with Gasteiger partial charge in [0, 0.05) is 25.3 Å². The quantitative estimate of drug-likeness (QED) is 0.720. The van der Waals surface area contributed by atoms with Gasteiger partial charge in [0.2, 0.25) is 11.8 Å². The summed E-state index contributed by atoms with van der Waals surface area (Å²) in [5.74, 6) is -0.308. The number of nitrogens with zero attached hydrogens (tertiary/aromatic N) is 2. The van der Waals surface area contributed by atoms with E-state index in [1.165, 1.54) is 11.1 Å². The van der Waals surface area contributed by atoms with Crippen molar-refractivity contribution in [2.24, 2.45) is 0 Å². The third-order valence-electron chi connectivity index (χ3n) is 5.68. The topological polar surface area (TPSA) is 64.7 Å². The molecule has 6 nitrogen and oxygen atoms in total. The molecule has 0 unspecified atom stereocenters. The Balaban J connectivity index is 1.41. The summed E-state index contributed by atoms with van der Waals surface area (Å²) in [6, 6.07) is 14.6. The van der Waals surface area contributed by atoms with Gasteiger partial charge in [0.25, 0.3) is 0 Å². The third-order valence-corrected chi connectivity index (χ3v) is 5.68. The van der Waals surface area contributed by atoms with Gasteiger partial charge < -0.3 is 10.6 Å². The molecular weight excluding hydrogens is 388 g/mol. The first-order valence-corrected chi connectivity index (χ1v) is 11.0. The second-order valence-electron chi connectivity index (χ2n) is 8.49. The number of amides is 2. The van der Waals surface area contributed by atoms with Gasteiger partial charge >= 0.3 is 0 Å². The van der Waals surface area contributed by atoms with Gasteiger partial charge in [0.15, 0.2) is 0 Å². The minimum absolute atomic E-state index is 0.0143. The van der Waals surface area contributed by atoms with Crippen LogP contribution in [0.3, 0.4) is 0 Å². The van der Waals surface area contributed by atoms with Crippen LogP contribution in [0.4, 0.5) is 5.69 Å². The molecular formula is C25H34N4O2. The van der Waals surface area contributed by atoms with Crippen LogP contribution >= 0.6 is 0 Å². The van der Waals surface area contributed by atoms with Gasteiger partial charge in [-0.15, -0.1) is 0 Å². The van der Waals surface area contributed by atoms with Crippen LogP contribution in [0.15, 0.2) is 42.5 Å². The Kier molecular flexibility index (Phi) is 8.20. The maximum Gasteiger partial charge on any atom is 0.243 e. The number of carbonyl (C=O) groups excluding carboxylic acids is 2. The van der Waals surface area contributed by atoms with Gasteiger partial charge in [0.05, 0.1) is 13.1 Å². The van der Waals surface area contributed by atoms with Crippen LogP contribution < -0.4 is 10.6 Å². The summed E-state index contributed by atoms with van der Waals surface area (Å²) in [6.45, 7) is 11.0. The molecule has 1 fully saturated rings. The largest absolute Gasteiger partial charge is 0.346 e. The molecule has 1 saturated heterocycles. The van der Waals surface area contributed by atoms with Crippen molar-refractivity contribution in [3.8, 4) is 0 Å². The molecule has 0 saturated carbocycles.